The van der Waals surface area contributed by atoms with E-state index in [1.165, 1.54) is 6.08 Å². The second-order valence-corrected chi connectivity index (χ2v) is 12.2. The summed E-state index contributed by atoms with van der Waals surface area (Å²) >= 11 is 8.79. The Balaban J connectivity index is 2.91. The molecular formula is C15H22O2S2Si. The van der Waals surface area contributed by atoms with E-state index in [-0.39, 0.29) is 10.8 Å². The van der Waals surface area contributed by atoms with Crippen molar-refractivity contribution in [2.24, 2.45) is 0 Å². The van der Waals surface area contributed by atoms with Crippen molar-refractivity contribution in [1.29, 1.82) is 0 Å². The SMILES string of the molecule is CC(C)(C)[Si](C)(C)Oc1ccc(/C(O)=C/C(=S)S)cc1. The molecule has 1 N–H and O–H groups in total. The number of rotatable bonds is 4. The average molecular weight is 327 g/mol. The van der Waals surface area contributed by atoms with Crippen molar-refractivity contribution in [1.82, 2.24) is 0 Å². The number of hydrogen-bond donors (Lipinski definition) is 2. The molecule has 1 rings (SSSR count). The van der Waals surface area contributed by atoms with E-state index in [4.69, 9.17) is 16.6 Å². The molecule has 0 unspecified atom stereocenters. The van der Waals surface area contributed by atoms with Crippen LogP contribution in [0.15, 0.2) is 30.3 Å². The Hall–Kier alpha value is -0.783. The highest BCUT2D eigenvalue weighted by Crippen LogP contribution is 2.37. The molecule has 0 aliphatic heterocycles. The van der Waals surface area contributed by atoms with Crippen LogP contribution in [0.1, 0.15) is 26.3 Å². The lowest BCUT2D eigenvalue weighted by Gasteiger charge is -2.36. The first-order chi connectivity index (χ1) is 9.03. The molecule has 0 bridgehead atoms. The Labute approximate surface area is 133 Å². The summed E-state index contributed by atoms with van der Waals surface area (Å²) in [6.07, 6.45) is 1.45. The molecule has 0 radical (unpaired) electrons. The van der Waals surface area contributed by atoms with Gasteiger partial charge < -0.3 is 9.53 Å². The lowest BCUT2D eigenvalue weighted by atomic mass is 10.2. The maximum Gasteiger partial charge on any atom is 0.250 e. The molecule has 0 heterocycles. The van der Waals surface area contributed by atoms with Gasteiger partial charge >= 0.3 is 0 Å². The highest BCUT2D eigenvalue weighted by atomic mass is 32.1. The third kappa shape index (κ3) is 4.65. The van der Waals surface area contributed by atoms with Crippen molar-refractivity contribution >= 4 is 43.1 Å². The molecule has 0 amide bonds. The molecule has 0 spiro atoms. The number of aliphatic hydroxyl groups excluding tert-OH is 1. The summed E-state index contributed by atoms with van der Waals surface area (Å²) in [4.78, 5) is 0. The van der Waals surface area contributed by atoms with E-state index in [0.29, 0.717) is 9.76 Å². The topological polar surface area (TPSA) is 29.5 Å². The lowest BCUT2D eigenvalue weighted by Crippen LogP contribution is -2.43. The van der Waals surface area contributed by atoms with Crippen molar-refractivity contribution in [2.75, 3.05) is 0 Å². The predicted octanol–water partition coefficient (Wildman–Crippen LogP) is 5.23. The number of hydrogen-bond acceptors (Lipinski definition) is 3. The van der Waals surface area contributed by atoms with E-state index < -0.39 is 8.32 Å². The molecular weight excluding hydrogens is 304 g/mol. The first-order valence-electron chi connectivity index (χ1n) is 6.46. The standard InChI is InChI=1S/C15H22O2S2Si/c1-15(2,3)20(4,5)17-12-8-6-11(7-9-12)13(16)10-14(18)19/h6-10,16H,1-5H3,(H,18,19)/b13-10-. The smallest absolute Gasteiger partial charge is 0.250 e. The van der Waals surface area contributed by atoms with Gasteiger partial charge in [-0.3, -0.25) is 0 Å². The minimum absolute atomic E-state index is 0.115. The number of benzene rings is 1. The molecule has 0 saturated carbocycles. The van der Waals surface area contributed by atoms with Crippen LogP contribution in [0.5, 0.6) is 5.75 Å². The second kappa shape index (κ2) is 6.33. The Morgan fingerprint density at radius 2 is 1.75 bits per heavy atom. The zero-order valence-electron chi connectivity index (χ0n) is 12.6. The molecule has 5 heteroatoms. The molecule has 0 aliphatic rings. The first-order valence-corrected chi connectivity index (χ1v) is 10.2. The third-order valence-corrected chi connectivity index (χ3v) is 8.19. The first kappa shape index (κ1) is 17.3. The Morgan fingerprint density at radius 3 is 2.15 bits per heavy atom. The Bertz CT molecular complexity index is 514. The molecule has 0 fully saturated rings. The summed E-state index contributed by atoms with van der Waals surface area (Å²) in [6, 6.07) is 7.39. The minimum atomic E-state index is -1.83. The molecule has 20 heavy (non-hydrogen) atoms. The van der Waals surface area contributed by atoms with Gasteiger partial charge in [0.2, 0.25) is 8.32 Å². The quantitative estimate of drug-likeness (QED) is 0.261. The van der Waals surface area contributed by atoms with Gasteiger partial charge in [-0.05, 0) is 42.4 Å². The van der Waals surface area contributed by atoms with Crippen molar-refractivity contribution in [3.8, 4) is 5.75 Å². The molecule has 0 aromatic heterocycles. The number of thiol groups is 1. The van der Waals surface area contributed by atoms with Crippen LogP contribution in [0, 0.1) is 0 Å². The molecule has 1 aromatic carbocycles. The van der Waals surface area contributed by atoms with Crippen LogP contribution in [0.3, 0.4) is 0 Å². The van der Waals surface area contributed by atoms with Gasteiger partial charge in [-0.2, -0.15) is 0 Å². The average Bonchev–Trinajstić information content (AvgIpc) is 2.26. The summed E-state index contributed by atoms with van der Waals surface area (Å²) in [5.74, 6) is 0.950. The Kier molecular flexibility index (Phi) is 5.46. The highest BCUT2D eigenvalue weighted by molar-refractivity contribution is 8.11. The summed E-state index contributed by atoms with van der Waals surface area (Å²) in [5, 5.41) is 9.99. The number of thiocarbonyl (C=S) groups is 1. The van der Waals surface area contributed by atoms with Crippen molar-refractivity contribution in [2.45, 2.75) is 38.9 Å². The van der Waals surface area contributed by atoms with Crippen LogP contribution in [0.2, 0.25) is 18.1 Å². The Morgan fingerprint density at radius 1 is 1.25 bits per heavy atom. The largest absolute Gasteiger partial charge is 0.544 e. The van der Waals surface area contributed by atoms with E-state index in [9.17, 15) is 5.11 Å². The fourth-order valence-electron chi connectivity index (χ4n) is 1.34. The molecule has 1 aromatic rings. The van der Waals surface area contributed by atoms with Gasteiger partial charge in [0.15, 0.2) is 0 Å². The lowest BCUT2D eigenvalue weighted by molar-refractivity contribution is 0.491. The van der Waals surface area contributed by atoms with Gasteiger partial charge in [0.1, 0.15) is 11.5 Å². The van der Waals surface area contributed by atoms with E-state index in [1.54, 1.807) is 0 Å². The van der Waals surface area contributed by atoms with Gasteiger partial charge in [-0.1, -0.05) is 33.0 Å². The second-order valence-electron chi connectivity index (χ2n) is 6.25. The zero-order valence-corrected chi connectivity index (χ0v) is 15.3. The monoisotopic (exact) mass is 326 g/mol. The van der Waals surface area contributed by atoms with Crippen molar-refractivity contribution < 1.29 is 9.53 Å². The van der Waals surface area contributed by atoms with Gasteiger partial charge in [0.25, 0.3) is 0 Å². The van der Waals surface area contributed by atoms with Crippen LogP contribution < -0.4 is 4.43 Å². The summed E-state index contributed by atoms with van der Waals surface area (Å²) in [7, 11) is -1.83. The van der Waals surface area contributed by atoms with Crippen LogP contribution in [0.25, 0.3) is 5.76 Å². The molecule has 0 saturated heterocycles. The van der Waals surface area contributed by atoms with E-state index in [2.05, 4.69) is 46.5 Å². The number of aliphatic hydroxyl groups is 1. The van der Waals surface area contributed by atoms with E-state index in [0.717, 1.165) is 5.75 Å². The van der Waals surface area contributed by atoms with Crippen molar-refractivity contribution in [3.05, 3.63) is 35.9 Å². The predicted molar refractivity (Wildman–Crippen MR) is 96.5 cm³/mol. The zero-order chi connectivity index (χ0) is 15.6. The highest BCUT2D eigenvalue weighted by Gasteiger charge is 2.38. The third-order valence-electron chi connectivity index (χ3n) is 3.59. The van der Waals surface area contributed by atoms with Crippen LogP contribution in [0.4, 0.5) is 0 Å². The summed E-state index contributed by atoms with van der Waals surface area (Å²) < 4.78 is 6.53. The van der Waals surface area contributed by atoms with E-state index in [1.807, 2.05) is 24.3 Å². The van der Waals surface area contributed by atoms with Crippen LogP contribution in [-0.2, 0) is 0 Å². The normalized spacial score (nSPS) is 13.2. The van der Waals surface area contributed by atoms with E-state index >= 15 is 0 Å². The molecule has 0 atom stereocenters. The van der Waals surface area contributed by atoms with Gasteiger partial charge in [0, 0.05) is 11.6 Å². The van der Waals surface area contributed by atoms with Gasteiger partial charge in [0.05, 0.1) is 4.20 Å². The van der Waals surface area contributed by atoms with Gasteiger partial charge in [-0.15, -0.1) is 12.6 Å². The molecule has 110 valence electrons. The van der Waals surface area contributed by atoms with Crippen molar-refractivity contribution in [3.63, 3.8) is 0 Å². The molecule has 0 aliphatic carbocycles. The summed E-state index contributed by atoms with van der Waals surface area (Å²) in [5.41, 5.74) is 0.698. The maximum atomic E-state index is 9.84. The van der Waals surface area contributed by atoms with Crippen LogP contribution >= 0.6 is 24.8 Å². The fourth-order valence-corrected chi connectivity index (χ4v) is 2.61. The minimum Gasteiger partial charge on any atom is -0.544 e. The summed E-state index contributed by atoms with van der Waals surface area (Å²) in [6.45, 7) is 11.0. The maximum absolute atomic E-state index is 9.84. The fraction of sp³-hybridized carbons (Fsp3) is 0.400. The van der Waals surface area contributed by atoms with Gasteiger partial charge in [-0.25, -0.2) is 0 Å². The van der Waals surface area contributed by atoms with Crippen LogP contribution in [-0.4, -0.2) is 17.6 Å². The molecule has 2 nitrogen and oxygen atoms in total.